The number of nitrogens with zero attached hydrogens (tertiary/aromatic N) is 1. The van der Waals surface area contributed by atoms with E-state index in [2.05, 4.69) is 6.58 Å². The van der Waals surface area contributed by atoms with E-state index in [0.29, 0.717) is 12.2 Å². The number of carbonyl (C=O) groups is 2. The van der Waals surface area contributed by atoms with Gasteiger partial charge in [-0.2, -0.15) is 0 Å². The number of carbonyl (C=O) groups excluding carboxylic acids is 2. The van der Waals surface area contributed by atoms with Crippen LogP contribution in [0.15, 0.2) is 36.9 Å². The Labute approximate surface area is 113 Å². The van der Waals surface area contributed by atoms with Crippen molar-refractivity contribution >= 4 is 17.5 Å². The van der Waals surface area contributed by atoms with Crippen molar-refractivity contribution in [3.05, 3.63) is 42.5 Å². The summed E-state index contributed by atoms with van der Waals surface area (Å²) in [6.07, 6.45) is 2.04. The van der Waals surface area contributed by atoms with E-state index in [1.54, 1.807) is 6.08 Å². The van der Waals surface area contributed by atoms with Crippen LogP contribution < -0.4 is 9.80 Å². The lowest BCUT2D eigenvalue weighted by Gasteiger charge is -2.18. The average molecular weight is 259 g/mol. The molecule has 1 aromatic carbocycles. The van der Waals surface area contributed by atoms with E-state index in [4.69, 9.17) is 0 Å². The maximum Gasteiger partial charge on any atom is 0.292 e. The second-order valence-electron chi connectivity index (χ2n) is 5.00. The molecule has 100 valence electrons. The van der Waals surface area contributed by atoms with Crippen LogP contribution in [0.4, 0.5) is 5.69 Å². The summed E-state index contributed by atoms with van der Waals surface area (Å²) in [7, 11) is 1.91. The van der Waals surface area contributed by atoms with Gasteiger partial charge in [0, 0.05) is 0 Å². The highest BCUT2D eigenvalue weighted by atomic mass is 16.2. The van der Waals surface area contributed by atoms with E-state index in [1.165, 1.54) is 4.90 Å². The molecule has 0 saturated carbocycles. The van der Waals surface area contributed by atoms with E-state index >= 15 is 0 Å². The monoisotopic (exact) mass is 259 g/mol. The standard InChI is InChI=1S/C15H18N2O2/c1-4-9-16(3)13-10-14(18)17(15(13)19)12-7-5-11(2)6-8-12/h4-8,13H,1,9-10H2,2-3H3/p+1/t13-/m0/s1. The van der Waals surface area contributed by atoms with Crippen molar-refractivity contribution in [2.45, 2.75) is 19.4 Å². The summed E-state index contributed by atoms with van der Waals surface area (Å²) in [6, 6.07) is 7.14. The van der Waals surface area contributed by atoms with Crippen molar-refractivity contribution in [2.24, 2.45) is 0 Å². The summed E-state index contributed by atoms with van der Waals surface area (Å²) < 4.78 is 0. The highest BCUT2D eigenvalue weighted by molar-refractivity contribution is 6.21. The Bertz CT molecular complexity index is 507. The topological polar surface area (TPSA) is 41.8 Å². The van der Waals surface area contributed by atoms with Crippen LogP contribution in [0.5, 0.6) is 0 Å². The van der Waals surface area contributed by atoms with Crippen molar-refractivity contribution in [3.63, 3.8) is 0 Å². The van der Waals surface area contributed by atoms with Gasteiger partial charge in [0.05, 0.1) is 25.7 Å². The Kier molecular flexibility index (Phi) is 3.81. The average Bonchev–Trinajstić information content (AvgIpc) is 2.67. The number of amides is 2. The smallest absolute Gasteiger partial charge is 0.292 e. The summed E-state index contributed by atoms with van der Waals surface area (Å²) in [6.45, 7) is 6.32. The first-order valence-electron chi connectivity index (χ1n) is 6.41. The van der Waals surface area contributed by atoms with Gasteiger partial charge in [0.2, 0.25) is 5.91 Å². The minimum atomic E-state index is -0.299. The van der Waals surface area contributed by atoms with Gasteiger partial charge in [0.15, 0.2) is 6.04 Å². The second kappa shape index (κ2) is 5.36. The molecule has 1 heterocycles. The molecular formula is C15H19N2O2+. The molecule has 0 spiro atoms. The summed E-state index contributed by atoms with van der Waals surface area (Å²) in [5, 5.41) is 0. The summed E-state index contributed by atoms with van der Waals surface area (Å²) in [4.78, 5) is 26.7. The van der Waals surface area contributed by atoms with Crippen molar-refractivity contribution in [2.75, 3.05) is 18.5 Å². The normalized spacial score (nSPS) is 20.7. The fourth-order valence-electron chi connectivity index (χ4n) is 2.35. The predicted molar refractivity (Wildman–Crippen MR) is 74.0 cm³/mol. The van der Waals surface area contributed by atoms with Crippen LogP contribution in [-0.2, 0) is 9.59 Å². The van der Waals surface area contributed by atoms with E-state index in [0.717, 1.165) is 10.5 Å². The molecule has 1 saturated heterocycles. The Morgan fingerprint density at radius 1 is 1.37 bits per heavy atom. The van der Waals surface area contributed by atoms with Crippen molar-refractivity contribution in [1.82, 2.24) is 0 Å². The molecule has 0 bridgehead atoms. The van der Waals surface area contributed by atoms with Crippen molar-refractivity contribution in [3.8, 4) is 0 Å². The zero-order chi connectivity index (χ0) is 14.0. The molecule has 1 aliphatic heterocycles. The molecule has 4 heteroatoms. The first-order chi connectivity index (χ1) is 9.04. The third-order valence-corrected chi connectivity index (χ3v) is 3.50. The van der Waals surface area contributed by atoms with Gasteiger partial charge in [0.25, 0.3) is 5.91 Å². The Balaban J connectivity index is 2.23. The van der Waals surface area contributed by atoms with Crippen molar-refractivity contribution in [1.29, 1.82) is 0 Å². The third kappa shape index (κ3) is 2.58. The number of anilines is 1. The number of hydrogen-bond donors (Lipinski definition) is 1. The lowest BCUT2D eigenvalue weighted by molar-refractivity contribution is -0.888. The Morgan fingerprint density at radius 3 is 2.58 bits per heavy atom. The first-order valence-corrected chi connectivity index (χ1v) is 6.41. The molecule has 0 aromatic heterocycles. The number of likely N-dealkylation sites (N-methyl/N-ethyl adjacent to an activating group) is 1. The summed E-state index contributed by atoms with van der Waals surface area (Å²) in [5.74, 6) is -0.240. The van der Waals surface area contributed by atoms with Gasteiger partial charge >= 0.3 is 0 Å². The van der Waals surface area contributed by atoms with Crippen LogP contribution in [-0.4, -0.2) is 31.4 Å². The van der Waals surface area contributed by atoms with Gasteiger partial charge in [-0.3, -0.25) is 9.59 Å². The highest BCUT2D eigenvalue weighted by Gasteiger charge is 2.44. The zero-order valence-corrected chi connectivity index (χ0v) is 11.3. The molecule has 4 nitrogen and oxygen atoms in total. The SMILES string of the molecule is C=CC[NH+](C)[C@H]1CC(=O)N(c2ccc(C)cc2)C1=O. The molecular weight excluding hydrogens is 240 g/mol. The number of rotatable bonds is 4. The predicted octanol–water partition coefficient (Wildman–Crippen LogP) is 0.328. The Morgan fingerprint density at radius 2 is 2.00 bits per heavy atom. The molecule has 0 aliphatic carbocycles. The lowest BCUT2D eigenvalue weighted by Crippen LogP contribution is -3.13. The largest absolute Gasteiger partial charge is 0.323 e. The number of quaternary nitrogens is 1. The minimum Gasteiger partial charge on any atom is -0.323 e. The molecule has 1 aliphatic rings. The number of benzene rings is 1. The molecule has 1 unspecified atom stereocenters. The van der Waals surface area contributed by atoms with Crippen LogP contribution in [0.25, 0.3) is 0 Å². The van der Waals surface area contributed by atoms with Crippen LogP contribution in [0.2, 0.25) is 0 Å². The zero-order valence-electron chi connectivity index (χ0n) is 11.3. The highest BCUT2D eigenvalue weighted by Crippen LogP contribution is 2.22. The quantitative estimate of drug-likeness (QED) is 0.625. The number of aryl methyl sites for hydroxylation is 1. The van der Waals surface area contributed by atoms with Crippen LogP contribution >= 0.6 is 0 Å². The van der Waals surface area contributed by atoms with Gasteiger partial charge in [0.1, 0.15) is 0 Å². The third-order valence-electron chi connectivity index (χ3n) is 3.50. The fourth-order valence-corrected chi connectivity index (χ4v) is 2.35. The van der Waals surface area contributed by atoms with Gasteiger partial charge in [-0.25, -0.2) is 4.90 Å². The molecule has 2 rings (SSSR count). The number of hydrogen-bond acceptors (Lipinski definition) is 2. The first kappa shape index (κ1) is 13.5. The second-order valence-corrected chi connectivity index (χ2v) is 5.00. The molecule has 19 heavy (non-hydrogen) atoms. The van der Waals surface area contributed by atoms with E-state index in [-0.39, 0.29) is 24.3 Å². The summed E-state index contributed by atoms with van der Waals surface area (Å²) >= 11 is 0. The van der Waals surface area contributed by atoms with Gasteiger partial charge in [-0.05, 0) is 25.1 Å². The molecule has 2 amide bonds. The van der Waals surface area contributed by atoms with Crippen LogP contribution in [0.3, 0.4) is 0 Å². The number of imide groups is 1. The molecule has 1 fully saturated rings. The fraction of sp³-hybridized carbons (Fsp3) is 0.333. The van der Waals surface area contributed by atoms with E-state index < -0.39 is 0 Å². The lowest BCUT2D eigenvalue weighted by atomic mass is 10.2. The molecule has 1 N–H and O–H groups in total. The van der Waals surface area contributed by atoms with E-state index in [1.807, 2.05) is 38.2 Å². The van der Waals surface area contributed by atoms with Gasteiger partial charge in [-0.1, -0.05) is 24.3 Å². The van der Waals surface area contributed by atoms with Crippen LogP contribution in [0.1, 0.15) is 12.0 Å². The maximum atomic E-state index is 12.4. The maximum absolute atomic E-state index is 12.4. The Hall–Kier alpha value is -1.94. The molecule has 1 aromatic rings. The number of nitrogens with one attached hydrogen (secondary N) is 1. The molecule has 2 atom stereocenters. The van der Waals surface area contributed by atoms with Crippen molar-refractivity contribution < 1.29 is 14.5 Å². The van der Waals surface area contributed by atoms with Gasteiger partial charge in [-0.15, -0.1) is 0 Å². The minimum absolute atomic E-state index is 0.117. The van der Waals surface area contributed by atoms with E-state index in [9.17, 15) is 9.59 Å². The summed E-state index contributed by atoms with van der Waals surface area (Å²) in [5.41, 5.74) is 1.77. The van der Waals surface area contributed by atoms with Gasteiger partial charge < -0.3 is 4.90 Å². The van der Waals surface area contributed by atoms with Crippen LogP contribution in [0, 0.1) is 6.92 Å². The molecule has 0 radical (unpaired) electrons.